The van der Waals surface area contributed by atoms with Crippen LogP contribution in [-0.4, -0.2) is 43.4 Å². The number of methoxy groups -OCH3 is 1. The van der Waals surface area contributed by atoms with Crippen LogP contribution < -0.4 is 29.1 Å². The van der Waals surface area contributed by atoms with E-state index in [0.717, 1.165) is 14.7 Å². The maximum Gasteiger partial charge on any atom is 0.343 e. The Morgan fingerprint density at radius 2 is 1.82 bits per heavy atom. The fourth-order valence-corrected chi connectivity index (χ4v) is 8.40. The average Bonchev–Trinajstić information content (AvgIpc) is 3.37. The summed E-state index contributed by atoms with van der Waals surface area (Å²) in [7, 11) is 1.27. The van der Waals surface area contributed by atoms with Gasteiger partial charge in [0.1, 0.15) is 12.4 Å². The fourth-order valence-electron chi connectivity index (χ4n) is 5.13. The molecular weight excluding hydrogens is 886 g/mol. The Bertz CT molecular complexity index is 2160. The summed E-state index contributed by atoms with van der Waals surface area (Å²) in [6, 6.07) is 13.1. The van der Waals surface area contributed by atoms with E-state index in [0.29, 0.717) is 59.0 Å². The molecule has 0 N–H and O–H groups in total. The summed E-state index contributed by atoms with van der Waals surface area (Å²) in [6.45, 7) is 5.57. The third-order valence-electron chi connectivity index (χ3n) is 7.38. The van der Waals surface area contributed by atoms with E-state index in [1.165, 1.54) is 23.0 Å². The van der Waals surface area contributed by atoms with Crippen LogP contribution in [0.2, 0.25) is 10.0 Å². The van der Waals surface area contributed by atoms with Crippen molar-refractivity contribution in [3.8, 4) is 17.2 Å². The average molecular weight is 916 g/mol. The number of nitrogens with zero attached hydrogens (tertiary/aromatic N) is 2. The van der Waals surface area contributed by atoms with Gasteiger partial charge in [-0.25, -0.2) is 14.6 Å². The van der Waals surface area contributed by atoms with Crippen LogP contribution in [-0.2, 0) is 25.7 Å². The molecule has 4 aromatic rings. The first-order valence-corrected chi connectivity index (χ1v) is 18.6. The van der Waals surface area contributed by atoms with Crippen LogP contribution in [0.3, 0.4) is 0 Å². The molecule has 3 aromatic carbocycles. The molecule has 1 aliphatic rings. The molecule has 1 aromatic heterocycles. The number of rotatable bonds is 12. The molecule has 0 bridgehead atoms. The number of aromatic nitrogens is 1. The van der Waals surface area contributed by atoms with E-state index in [1.54, 1.807) is 57.2 Å². The maximum atomic E-state index is 14.2. The molecule has 2 heterocycles. The van der Waals surface area contributed by atoms with Gasteiger partial charge in [0, 0.05) is 15.6 Å². The van der Waals surface area contributed by atoms with E-state index in [-0.39, 0.29) is 31.0 Å². The molecule has 0 fully saturated rings. The molecule has 0 saturated heterocycles. The molecule has 0 saturated carbocycles. The minimum absolute atomic E-state index is 0.136. The minimum Gasteiger partial charge on any atom is -0.490 e. The molecule has 1 aliphatic heterocycles. The number of carbonyl (C=O) groups is 2. The van der Waals surface area contributed by atoms with Crippen molar-refractivity contribution in [2.24, 2.45) is 4.99 Å². The zero-order valence-corrected chi connectivity index (χ0v) is 33.3. The second-order valence-electron chi connectivity index (χ2n) is 10.6. The molecule has 0 spiro atoms. The normalized spacial score (nSPS) is 14.2. The number of ether oxygens (including phenoxy) is 5. The van der Waals surface area contributed by atoms with Crippen molar-refractivity contribution < 1.29 is 33.3 Å². The summed E-state index contributed by atoms with van der Waals surface area (Å²) in [4.78, 5) is 44.4. The smallest absolute Gasteiger partial charge is 0.343 e. The van der Waals surface area contributed by atoms with Crippen molar-refractivity contribution in [2.75, 3.05) is 26.9 Å². The second kappa shape index (κ2) is 16.8. The zero-order valence-electron chi connectivity index (χ0n) is 27.2. The van der Waals surface area contributed by atoms with E-state index < -0.39 is 18.0 Å². The number of hydrogen-bond donors (Lipinski definition) is 0. The topological polar surface area (TPSA) is 115 Å². The van der Waals surface area contributed by atoms with Gasteiger partial charge < -0.3 is 23.7 Å². The van der Waals surface area contributed by atoms with E-state index in [2.05, 4.69) is 48.3 Å². The van der Waals surface area contributed by atoms with Crippen molar-refractivity contribution in [3.05, 3.63) is 114 Å². The lowest BCUT2D eigenvalue weighted by molar-refractivity contribution is -0.143. The number of carbonyl (C=O) groups excluding carboxylic acids is 2. The van der Waals surface area contributed by atoms with E-state index in [9.17, 15) is 14.4 Å². The molecule has 0 aliphatic carbocycles. The van der Waals surface area contributed by atoms with Crippen LogP contribution >= 0.6 is 73.1 Å². The van der Waals surface area contributed by atoms with Gasteiger partial charge in [-0.1, -0.05) is 46.7 Å². The number of halogens is 4. The number of hydrogen-bond acceptors (Lipinski definition) is 10. The van der Waals surface area contributed by atoms with Gasteiger partial charge in [0.15, 0.2) is 22.9 Å². The first-order valence-electron chi connectivity index (χ1n) is 15.2. The van der Waals surface area contributed by atoms with Crippen LogP contribution in [0, 0.1) is 3.57 Å². The Hall–Kier alpha value is -3.37. The summed E-state index contributed by atoms with van der Waals surface area (Å²) in [5.74, 6) is 0.100. The van der Waals surface area contributed by atoms with Crippen LogP contribution in [0.5, 0.6) is 17.2 Å². The van der Waals surface area contributed by atoms with Gasteiger partial charge in [-0.05, 0) is 113 Å². The Kier molecular flexibility index (Phi) is 12.7. The summed E-state index contributed by atoms with van der Waals surface area (Å²) in [5.41, 5.74) is 2.38. The second-order valence-corrected chi connectivity index (χ2v) is 14.5. The predicted molar refractivity (Wildman–Crippen MR) is 203 cm³/mol. The Balaban J connectivity index is 1.56. The molecule has 15 heteroatoms. The molecule has 5 rings (SSSR count). The molecular formula is C35H30BrCl2IN2O8S. The Morgan fingerprint density at radius 1 is 1.04 bits per heavy atom. The van der Waals surface area contributed by atoms with E-state index >= 15 is 0 Å². The highest BCUT2D eigenvalue weighted by molar-refractivity contribution is 14.1. The van der Waals surface area contributed by atoms with Gasteiger partial charge in [-0.3, -0.25) is 9.36 Å². The predicted octanol–water partition coefficient (Wildman–Crippen LogP) is 7.00. The number of thiazole rings is 1. The quantitative estimate of drug-likeness (QED) is 0.110. The third-order valence-corrected chi connectivity index (χ3v) is 10.3. The third kappa shape index (κ3) is 8.39. The highest BCUT2D eigenvalue weighted by atomic mass is 127. The van der Waals surface area contributed by atoms with Crippen molar-refractivity contribution >= 4 is 91.1 Å². The summed E-state index contributed by atoms with van der Waals surface area (Å²) in [5, 5.41) is 1.05. The lowest BCUT2D eigenvalue weighted by Gasteiger charge is -2.25. The zero-order chi connectivity index (χ0) is 36.1. The van der Waals surface area contributed by atoms with Gasteiger partial charge in [-0.15, -0.1) is 0 Å². The first-order chi connectivity index (χ1) is 23.9. The van der Waals surface area contributed by atoms with Crippen LogP contribution in [0.15, 0.2) is 74.1 Å². The lowest BCUT2D eigenvalue weighted by atomic mass is 9.95. The molecule has 262 valence electrons. The summed E-state index contributed by atoms with van der Waals surface area (Å²) in [6.07, 6.45) is 1.77. The van der Waals surface area contributed by atoms with Crippen LogP contribution in [0.4, 0.5) is 0 Å². The monoisotopic (exact) mass is 914 g/mol. The number of esters is 2. The van der Waals surface area contributed by atoms with E-state index in [1.807, 2.05) is 18.2 Å². The number of allylic oxidation sites excluding steroid dienone is 1. The molecule has 0 radical (unpaired) electrons. The van der Waals surface area contributed by atoms with Crippen LogP contribution in [0.1, 0.15) is 43.5 Å². The van der Waals surface area contributed by atoms with Crippen molar-refractivity contribution in [1.82, 2.24) is 4.57 Å². The largest absolute Gasteiger partial charge is 0.490 e. The Labute approximate surface area is 323 Å². The van der Waals surface area contributed by atoms with E-state index in [4.69, 9.17) is 42.1 Å². The van der Waals surface area contributed by atoms with Crippen molar-refractivity contribution in [2.45, 2.75) is 33.4 Å². The SMILES string of the molecule is CCOC(=O)C1=C(C)N=c2s/c(=C\c3cc(Br)c(OCc4ccc(Cl)cc4Cl)c(I)c3)c(=O)n2[C@@H]1c1ccc(OCC(=O)OC)c(OCC)c1. The lowest BCUT2D eigenvalue weighted by Crippen LogP contribution is -2.40. The molecule has 10 nitrogen and oxygen atoms in total. The van der Waals surface area contributed by atoms with Crippen molar-refractivity contribution in [1.29, 1.82) is 0 Å². The van der Waals surface area contributed by atoms with Gasteiger partial charge >= 0.3 is 11.9 Å². The Morgan fingerprint density at radius 3 is 2.50 bits per heavy atom. The van der Waals surface area contributed by atoms with Gasteiger partial charge in [0.25, 0.3) is 5.56 Å². The fraction of sp³-hybridized carbons (Fsp3) is 0.257. The van der Waals surface area contributed by atoms with Crippen molar-refractivity contribution in [3.63, 3.8) is 0 Å². The highest BCUT2D eigenvalue weighted by Crippen LogP contribution is 2.37. The van der Waals surface area contributed by atoms with Gasteiger partial charge in [0.05, 0.1) is 50.2 Å². The molecule has 0 unspecified atom stereocenters. The first kappa shape index (κ1) is 37.9. The molecule has 1 atom stereocenters. The number of benzene rings is 3. The standard InChI is InChI=1S/C35H30BrCl2IN2O8S/c1-5-46-27-14-20(8-10-26(27)48-17-29(42)45-4)31-30(34(44)47-6-2)18(3)40-35-41(31)33(43)28(50-35)13-19-11-23(36)32(25(39)12-19)49-16-21-7-9-22(37)15-24(21)38/h7-15,31H,5-6,16-17H2,1-4H3/b28-13-/t31-/m1/s1. The summed E-state index contributed by atoms with van der Waals surface area (Å²) >= 11 is 19.4. The molecule has 50 heavy (non-hydrogen) atoms. The molecule has 0 amide bonds. The summed E-state index contributed by atoms with van der Waals surface area (Å²) < 4.78 is 31.1. The minimum atomic E-state index is -0.886. The maximum absolute atomic E-state index is 14.2. The highest BCUT2D eigenvalue weighted by Gasteiger charge is 2.34. The van der Waals surface area contributed by atoms with Crippen LogP contribution in [0.25, 0.3) is 6.08 Å². The van der Waals surface area contributed by atoms with Gasteiger partial charge in [-0.2, -0.15) is 0 Å². The van der Waals surface area contributed by atoms with Gasteiger partial charge in [0.2, 0.25) is 0 Å². The number of fused-ring (bicyclic) bond motifs is 1.